The van der Waals surface area contributed by atoms with Gasteiger partial charge in [-0.2, -0.15) is 0 Å². The molecule has 1 N–H and O–H groups in total. The molecule has 88 valence electrons. The minimum absolute atomic E-state index is 0.0861. The first kappa shape index (κ1) is 11.9. The Morgan fingerprint density at radius 2 is 1.94 bits per heavy atom. The molecule has 0 fully saturated rings. The molecule has 17 heavy (non-hydrogen) atoms. The number of thioether (sulfide) groups is 1. The van der Waals surface area contributed by atoms with E-state index in [0.29, 0.717) is 5.75 Å². The standard InChI is InChI=1S/C13H14N2OS/c1-9-3-5-11(6-4-9)17-8-12-14-10(2)7-13(16)15-12/h3-7H,8H2,1-2H3,(H,14,15,16). The Hall–Kier alpha value is -1.55. The lowest BCUT2D eigenvalue weighted by Gasteiger charge is -2.02. The van der Waals surface area contributed by atoms with E-state index in [1.165, 1.54) is 16.5 Å². The summed E-state index contributed by atoms with van der Waals surface area (Å²) in [4.78, 5) is 19.5. The van der Waals surface area contributed by atoms with Crippen LogP contribution < -0.4 is 5.56 Å². The van der Waals surface area contributed by atoms with Crippen LogP contribution in [0, 0.1) is 13.8 Å². The number of hydrogen-bond donors (Lipinski definition) is 1. The molecule has 4 heteroatoms. The van der Waals surface area contributed by atoms with Crippen LogP contribution >= 0.6 is 11.8 Å². The predicted molar refractivity (Wildman–Crippen MR) is 70.3 cm³/mol. The van der Waals surface area contributed by atoms with Crippen LogP contribution in [0.15, 0.2) is 40.0 Å². The van der Waals surface area contributed by atoms with Crippen LogP contribution in [0.1, 0.15) is 17.1 Å². The molecule has 0 aliphatic carbocycles. The highest BCUT2D eigenvalue weighted by Crippen LogP contribution is 2.21. The summed E-state index contributed by atoms with van der Waals surface area (Å²) in [5.74, 6) is 1.40. The molecule has 0 aliphatic heterocycles. The molecule has 0 radical (unpaired) electrons. The van der Waals surface area contributed by atoms with E-state index < -0.39 is 0 Å². The van der Waals surface area contributed by atoms with Gasteiger partial charge in [0, 0.05) is 16.7 Å². The summed E-state index contributed by atoms with van der Waals surface area (Å²) in [6, 6.07) is 9.81. The number of hydrogen-bond acceptors (Lipinski definition) is 3. The number of aromatic amines is 1. The molecule has 3 nitrogen and oxygen atoms in total. The largest absolute Gasteiger partial charge is 0.310 e. The second-order valence-electron chi connectivity index (χ2n) is 3.94. The van der Waals surface area contributed by atoms with E-state index in [4.69, 9.17) is 0 Å². The van der Waals surface area contributed by atoms with E-state index in [0.717, 1.165) is 11.5 Å². The number of nitrogens with zero attached hydrogens (tertiary/aromatic N) is 1. The molecule has 1 aromatic heterocycles. The van der Waals surface area contributed by atoms with Crippen molar-refractivity contribution in [3.8, 4) is 0 Å². The Bertz CT molecular complexity index is 560. The quantitative estimate of drug-likeness (QED) is 0.847. The molecular weight excluding hydrogens is 232 g/mol. The van der Waals surface area contributed by atoms with E-state index in [-0.39, 0.29) is 5.56 Å². The van der Waals surface area contributed by atoms with Crippen molar-refractivity contribution in [2.75, 3.05) is 0 Å². The van der Waals surface area contributed by atoms with E-state index in [9.17, 15) is 4.79 Å². The van der Waals surface area contributed by atoms with Crippen LogP contribution in [0.5, 0.6) is 0 Å². The normalized spacial score (nSPS) is 10.5. The van der Waals surface area contributed by atoms with Crippen LogP contribution in [0.3, 0.4) is 0 Å². The molecule has 0 amide bonds. The third kappa shape index (κ3) is 3.46. The number of aromatic nitrogens is 2. The number of benzene rings is 1. The summed E-state index contributed by atoms with van der Waals surface area (Å²) >= 11 is 1.67. The van der Waals surface area contributed by atoms with E-state index in [1.807, 2.05) is 6.92 Å². The van der Waals surface area contributed by atoms with Gasteiger partial charge in [-0.15, -0.1) is 11.8 Å². The second-order valence-corrected chi connectivity index (χ2v) is 4.98. The summed E-state index contributed by atoms with van der Waals surface area (Å²) in [6.07, 6.45) is 0. The molecule has 0 bridgehead atoms. The highest BCUT2D eigenvalue weighted by atomic mass is 32.2. The molecule has 2 aromatic rings. The Balaban J connectivity index is 2.07. The van der Waals surface area contributed by atoms with Gasteiger partial charge in [0.05, 0.1) is 5.75 Å². The van der Waals surface area contributed by atoms with Crippen molar-refractivity contribution in [1.29, 1.82) is 0 Å². The zero-order valence-corrected chi connectivity index (χ0v) is 10.7. The lowest BCUT2D eigenvalue weighted by molar-refractivity contribution is 0.968. The number of rotatable bonds is 3. The summed E-state index contributed by atoms with van der Waals surface area (Å²) < 4.78 is 0. The monoisotopic (exact) mass is 246 g/mol. The zero-order chi connectivity index (χ0) is 12.3. The second kappa shape index (κ2) is 5.19. The fraction of sp³-hybridized carbons (Fsp3) is 0.231. The van der Waals surface area contributed by atoms with Gasteiger partial charge >= 0.3 is 0 Å². The van der Waals surface area contributed by atoms with E-state index in [2.05, 4.69) is 41.2 Å². The van der Waals surface area contributed by atoms with Crippen molar-refractivity contribution in [3.63, 3.8) is 0 Å². The zero-order valence-electron chi connectivity index (χ0n) is 9.86. The summed E-state index contributed by atoms with van der Waals surface area (Å²) in [6.45, 7) is 3.89. The van der Waals surface area contributed by atoms with Crippen LogP contribution in [0.4, 0.5) is 0 Å². The maximum absolute atomic E-state index is 11.3. The van der Waals surface area contributed by atoms with Gasteiger partial charge in [0.25, 0.3) is 5.56 Å². The summed E-state index contributed by atoms with van der Waals surface area (Å²) in [5.41, 5.74) is 1.92. The van der Waals surface area contributed by atoms with Gasteiger partial charge in [-0.05, 0) is 26.0 Å². The smallest absolute Gasteiger partial charge is 0.251 e. The van der Waals surface area contributed by atoms with Crippen LogP contribution in [-0.4, -0.2) is 9.97 Å². The molecule has 2 rings (SSSR count). The molecule has 0 saturated carbocycles. The van der Waals surface area contributed by atoms with Crippen LogP contribution in [0.25, 0.3) is 0 Å². The van der Waals surface area contributed by atoms with Gasteiger partial charge in [-0.3, -0.25) is 4.79 Å². The van der Waals surface area contributed by atoms with E-state index >= 15 is 0 Å². The average Bonchev–Trinajstić information content (AvgIpc) is 2.27. The fourth-order valence-electron chi connectivity index (χ4n) is 1.50. The number of aryl methyl sites for hydroxylation is 2. The average molecular weight is 246 g/mol. The Morgan fingerprint density at radius 3 is 2.59 bits per heavy atom. The number of nitrogens with one attached hydrogen (secondary N) is 1. The first-order valence-electron chi connectivity index (χ1n) is 5.40. The van der Waals surface area contributed by atoms with Gasteiger partial charge in [0.2, 0.25) is 0 Å². The van der Waals surface area contributed by atoms with Crippen molar-refractivity contribution in [2.24, 2.45) is 0 Å². The maximum Gasteiger partial charge on any atom is 0.251 e. The van der Waals surface area contributed by atoms with Gasteiger partial charge in [-0.25, -0.2) is 4.98 Å². The third-order valence-corrected chi connectivity index (χ3v) is 3.34. The molecule has 0 unspecified atom stereocenters. The maximum atomic E-state index is 11.3. The summed E-state index contributed by atoms with van der Waals surface area (Å²) in [7, 11) is 0. The molecule has 0 aliphatic rings. The minimum Gasteiger partial charge on any atom is -0.310 e. The molecular formula is C13H14N2OS. The number of H-pyrrole nitrogens is 1. The predicted octanol–water partition coefficient (Wildman–Crippen LogP) is 2.68. The first-order chi connectivity index (χ1) is 8.13. The first-order valence-corrected chi connectivity index (χ1v) is 6.38. The Morgan fingerprint density at radius 1 is 1.24 bits per heavy atom. The summed E-state index contributed by atoms with van der Waals surface area (Å²) in [5, 5.41) is 0. The van der Waals surface area contributed by atoms with Gasteiger partial charge in [-0.1, -0.05) is 17.7 Å². The lowest BCUT2D eigenvalue weighted by Crippen LogP contribution is -2.10. The molecule has 0 saturated heterocycles. The Kier molecular flexibility index (Phi) is 3.64. The van der Waals surface area contributed by atoms with Crippen molar-refractivity contribution >= 4 is 11.8 Å². The molecule has 0 spiro atoms. The molecule has 1 aromatic carbocycles. The highest BCUT2D eigenvalue weighted by Gasteiger charge is 2.00. The fourth-order valence-corrected chi connectivity index (χ4v) is 2.26. The van der Waals surface area contributed by atoms with Gasteiger partial charge < -0.3 is 4.98 Å². The third-order valence-electron chi connectivity index (χ3n) is 2.32. The van der Waals surface area contributed by atoms with Crippen molar-refractivity contribution in [1.82, 2.24) is 9.97 Å². The SMILES string of the molecule is Cc1ccc(SCc2nc(C)cc(=O)[nH]2)cc1. The van der Waals surface area contributed by atoms with Crippen molar-refractivity contribution in [2.45, 2.75) is 24.5 Å². The Labute approximate surface area is 104 Å². The topological polar surface area (TPSA) is 45.8 Å². The van der Waals surface area contributed by atoms with E-state index in [1.54, 1.807) is 11.8 Å². The van der Waals surface area contributed by atoms with Crippen molar-refractivity contribution in [3.05, 3.63) is 57.8 Å². The van der Waals surface area contributed by atoms with Gasteiger partial charge in [0.15, 0.2) is 0 Å². The lowest BCUT2D eigenvalue weighted by atomic mass is 10.2. The van der Waals surface area contributed by atoms with Crippen LogP contribution in [-0.2, 0) is 5.75 Å². The molecule has 0 atom stereocenters. The molecule has 1 heterocycles. The van der Waals surface area contributed by atoms with Crippen molar-refractivity contribution < 1.29 is 0 Å². The highest BCUT2D eigenvalue weighted by molar-refractivity contribution is 7.98. The van der Waals surface area contributed by atoms with Crippen LogP contribution in [0.2, 0.25) is 0 Å². The minimum atomic E-state index is -0.0861. The van der Waals surface area contributed by atoms with Gasteiger partial charge in [0.1, 0.15) is 5.82 Å².